The van der Waals surface area contributed by atoms with E-state index in [9.17, 15) is 16.8 Å². The van der Waals surface area contributed by atoms with Gasteiger partial charge < -0.3 is 4.74 Å². The van der Waals surface area contributed by atoms with Crippen molar-refractivity contribution in [2.24, 2.45) is 0 Å². The van der Waals surface area contributed by atoms with Crippen LogP contribution in [0.2, 0.25) is 0 Å². The maximum absolute atomic E-state index is 11.9. The second-order valence-corrected chi connectivity index (χ2v) is 9.32. The van der Waals surface area contributed by atoms with Crippen LogP contribution in [0.1, 0.15) is 6.92 Å². The van der Waals surface area contributed by atoms with E-state index in [1.807, 2.05) is 0 Å². The topological polar surface area (TPSA) is 80.8 Å². The van der Waals surface area contributed by atoms with Gasteiger partial charge in [0.2, 0.25) is 10.0 Å². The highest BCUT2D eigenvalue weighted by Gasteiger charge is 2.34. The minimum Gasteiger partial charge on any atom is -0.372 e. The fraction of sp³-hybridized carbons (Fsp3) is 1.00. The van der Waals surface area contributed by atoms with E-state index < -0.39 is 24.9 Å². The maximum Gasteiger partial charge on any atom is 0.228 e. The van der Waals surface area contributed by atoms with Gasteiger partial charge in [-0.25, -0.2) is 16.8 Å². The van der Waals surface area contributed by atoms with Crippen LogP contribution in [0.3, 0.4) is 0 Å². The molecule has 0 aromatic heterocycles. The van der Waals surface area contributed by atoms with Gasteiger partial charge in [-0.1, -0.05) is 15.9 Å². The van der Waals surface area contributed by atoms with Gasteiger partial charge in [-0.3, -0.25) is 0 Å². The summed E-state index contributed by atoms with van der Waals surface area (Å²) in [5.41, 5.74) is 0. The largest absolute Gasteiger partial charge is 0.372 e. The van der Waals surface area contributed by atoms with Crippen LogP contribution in [0.25, 0.3) is 0 Å². The second kappa shape index (κ2) is 5.52. The summed E-state index contributed by atoms with van der Waals surface area (Å²) in [7, 11) is -7.33. The molecule has 1 saturated heterocycles. The number of nitrogens with zero attached hydrogens (tertiary/aromatic N) is 1. The zero-order valence-corrected chi connectivity index (χ0v) is 12.9. The molecule has 2 unspecified atom stereocenters. The Balaban J connectivity index is 2.84. The van der Waals surface area contributed by atoms with Gasteiger partial charge in [0, 0.05) is 24.7 Å². The van der Waals surface area contributed by atoms with Gasteiger partial charge in [-0.2, -0.15) is 4.31 Å². The zero-order chi connectivity index (χ0) is 13.3. The first kappa shape index (κ1) is 15.4. The van der Waals surface area contributed by atoms with Crippen molar-refractivity contribution in [1.29, 1.82) is 0 Å². The average molecular weight is 350 g/mol. The molecule has 1 rings (SSSR count). The lowest BCUT2D eigenvalue weighted by Crippen LogP contribution is -2.50. The van der Waals surface area contributed by atoms with Crippen molar-refractivity contribution in [1.82, 2.24) is 4.31 Å². The molecule has 0 aliphatic carbocycles. The van der Waals surface area contributed by atoms with Crippen LogP contribution in [0.5, 0.6) is 0 Å². The van der Waals surface area contributed by atoms with E-state index in [0.717, 1.165) is 6.26 Å². The van der Waals surface area contributed by atoms with Gasteiger partial charge >= 0.3 is 0 Å². The van der Waals surface area contributed by atoms with Crippen molar-refractivity contribution >= 4 is 35.8 Å². The molecule has 0 bridgehead atoms. The lowest BCUT2D eigenvalue weighted by atomic mass is 10.3. The third kappa shape index (κ3) is 4.82. The Kier molecular flexibility index (Phi) is 4.98. The molecular formula is C8H16BrNO5S2. The molecule has 1 fully saturated rings. The quantitative estimate of drug-likeness (QED) is 0.656. The Labute approximate surface area is 110 Å². The smallest absolute Gasteiger partial charge is 0.228 e. The number of alkyl halides is 1. The van der Waals surface area contributed by atoms with Crippen LogP contribution in [0.15, 0.2) is 0 Å². The molecule has 0 spiro atoms. The van der Waals surface area contributed by atoms with Crippen LogP contribution in [0.4, 0.5) is 0 Å². The van der Waals surface area contributed by atoms with Gasteiger partial charge in [0.25, 0.3) is 0 Å². The zero-order valence-electron chi connectivity index (χ0n) is 9.67. The molecule has 6 nitrogen and oxygen atoms in total. The van der Waals surface area contributed by atoms with Crippen molar-refractivity contribution in [2.75, 3.05) is 29.8 Å². The Morgan fingerprint density at radius 2 is 1.88 bits per heavy atom. The van der Waals surface area contributed by atoms with Crippen LogP contribution < -0.4 is 0 Å². The van der Waals surface area contributed by atoms with E-state index in [4.69, 9.17) is 4.74 Å². The van der Waals surface area contributed by atoms with Gasteiger partial charge in [0.1, 0.15) is 0 Å². The summed E-state index contributed by atoms with van der Waals surface area (Å²) in [6.07, 6.45) is 0.435. The van der Waals surface area contributed by atoms with Crippen molar-refractivity contribution < 1.29 is 21.6 Å². The van der Waals surface area contributed by atoms with E-state index in [0.29, 0.717) is 5.33 Å². The number of ether oxygens (including phenoxy) is 1. The van der Waals surface area contributed by atoms with Crippen LogP contribution >= 0.6 is 15.9 Å². The minimum absolute atomic E-state index is 0.188. The average Bonchev–Trinajstić information content (AvgIpc) is 2.13. The number of hydrogen-bond donors (Lipinski definition) is 0. The summed E-state index contributed by atoms with van der Waals surface area (Å²) >= 11 is 3.23. The molecule has 9 heteroatoms. The number of rotatable bonds is 4. The van der Waals surface area contributed by atoms with E-state index >= 15 is 0 Å². The first-order valence-electron chi connectivity index (χ1n) is 5.01. The molecule has 102 valence electrons. The number of hydrogen-bond acceptors (Lipinski definition) is 5. The second-order valence-electron chi connectivity index (χ2n) is 4.20. The molecule has 17 heavy (non-hydrogen) atoms. The third-order valence-corrected chi connectivity index (χ3v) is 6.93. The fourth-order valence-electron chi connectivity index (χ4n) is 1.66. The van der Waals surface area contributed by atoms with E-state index in [1.165, 1.54) is 4.31 Å². The normalized spacial score (nSPS) is 28.2. The number of sulfonamides is 1. The first-order chi connectivity index (χ1) is 7.64. The monoisotopic (exact) mass is 349 g/mol. The number of halogens is 1. The van der Waals surface area contributed by atoms with Crippen LogP contribution in [-0.2, 0) is 24.6 Å². The summed E-state index contributed by atoms with van der Waals surface area (Å²) in [6.45, 7) is 2.15. The van der Waals surface area contributed by atoms with Crippen molar-refractivity contribution in [3.63, 3.8) is 0 Å². The highest BCUT2D eigenvalue weighted by molar-refractivity contribution is 9.09. The molecule has 2 atom stereocenters. The van der Waals surface area contributed by atoms with Crippen LogP contribution in [0, 0.1) is 0 Å². The maximum atomic E-state index is 11.9. The molecule has 1 aliphatic heterocycles. The summed E-state index contributed by atoms with van der Waals surface area (Å²) in [5, 5.41) is -0.329. The van der Waals surface area contributed by atoms with Gasteiger partial charge in [-0.15, -0.1) is 0 Å². The van der Waals surface area contributed by atoms with Crippen LogP contribution in [-0.4, -0.2) is 63.1 Å². The fourth-order valence-corrected chi connectivity index (χ4v) is 5.61. The first-order valence-corrected chi connectivity index (χ1v) is 9.80. The Bertz CT molecular complexity index is 460. The van der Waals surface area contributed by atoms with Crippen molar-refractivity contribution in [2.45, 2.75) is 19.1 Å². The molecular weight excluding hydrogens is 334 g/mol. The van der Waals surface area contributed by atoms with Crippen molar-refractivity contribution in [3.8, 4) is 0 Å². The summed E-state index contributed by atoms with van der Waals surface area (Å²) in [5.74, 6) is 0. The standard InChI is InChI=1S/C8H16BrNO5S2/c1-7-4-10(5-8(3-9)15-7)17(13,14)6-16(2,11)12/h7-8H,3-6H2,1-2H3. The molecule has 0 amide bonds. The Morgan fingerprint density at radius 1 is 1.29 bits per heavy atom. The molecule has 1 heterocycles. The molecule has 0 N–H and O–H groups in total. The minimum atomic E-state index is -3.77. The summed E-state index contributed by atoms with van der Waals surface area (Å²) < 4.78 is 52.6. The third-order valence-electron chi connectivity index (χ3n) is 2.22. The Hall–Kier alpha value is 0.300. The SMILES string of the molecule is CC1CN(S(=O)(=O)CS(C)(=O)=O)CC(CBr)O1. The lowest BCUT2D eigenvalue weighted by Gasteiger charge is -2.35. The predicted molar refractivity (Wildman–Crippen MR) is 68.3 cm³/mol. The van der Waals surface area contributed by atoms with Gasteiger partial charge in [0.05, 0.1) is 12.2 Å². The lowest BCUT2D eigenvalue weighted by molar-refractivity contribution is -0.0410. The number of sulfone groups is 1. The molecule has 0 aromatic rings. The van der Waals surface area contributed by atoms with Gasteiger partial charge in [-0.05, 0) is 6.92 Å². The molecule has 0 saturated carbocycles. The summed E-state index contributed by atoms with van der Waals surface area (Å²) in [4.78, 5) is 0. The highest BCUT2D eigenvalue weighted by atomic mass is 79.9. The Morgan fingerprint density at radius 3 is 2.35 bits per heavy atom. The molecule has 1 aliphatic rings. The number of morpholine rings is 1. The molecule has 0 radical (unpaired) electrons. The van der Waals surface area contributed by atoms with E-state index in [1.54, 1.807) is 6.92 Å². The predicted octanol–water partition coefficient (Wildman–Crippen LogP) is -0.197. The van der Waals surface area contributed by atoms with Gasteiger partial charge in [0.15, 0.2) is 14.9 Å². The van der Waals surface area contributed by atoms with E-state index in [-0.39, 0.29) is 25.3 Å². The molecule has 0 aromatic carbocycles. The highest BCUT2D eigenvalue weighted by Crippen LogP contribution is 2.17. The summed E-state index contributed by atoms with van der Waals surface area (Å²) in [6, 6.07) is 0. The van der Waals surface area contributed by atoms with Crippen molar-refractivity contribution in [3.05, 3.63) is 0 Å². The van der Waals surface area contributed by atoms with E-state index in [2.05, 4.69) is 15.9 Å².